The molecule has 1 aromatic rings. The normalized spacial score (nSPS) is 14.4. The Morgan fingerprint density at radius 3 is 2.09 bits per heavy atom. The first-order chi connectivity index (χ1) is 10.5. The van der Waals surface area contributed by atoms with Gasteiger partial charge in [0.2, 0.25) is 0 Å². The highest BCUT2D eigenvalue weighted by Gasteiger charge is 2.31. The molecule has 0 radical (unpaired) electrons. The van der Waals surface area contributed by atoms with E-state index >= 15 is 0 Å². The van der Waals surface area contributed by atoms with E-state index in [0.29, 0.717) is 0 Å². The monoisotopic (exact) mass is 333 g/mol. The molecule has 8 heteroatoms. The van der Waals surface area contributed by atoms with Crippen LogP contribution in [0.1, 0.15) is 37.5 Å². The van der Waals surface area contributed by atoms with Crippen LogP contribution in [0.3, 0.4) is 0 Å². The van der Waals surface area contributed by atoms with Crippen molar-refractivity contribution in [2.45, 2.75) is 38.6 Å². The van der Waals surface area contributed by atoms with Crippen LogP contribution in [0.5, 0.6) is 0 Å². The van der Waals surface area contributed by atoms with Crippen LogP contribution in [0, 0.1) is 5.92 Å². The molecule has 1 amide bonds. The molecule has 0 saturated carbocycles. The van der Waals surface area contributed by atoms with Crippen LogP contribution in [0.25, 0.3) is 0 Å². The first-order valence-electron chi connectivity index (χ1n) is 6.90. The SMILES string of the molecule is CC(C)C[C@H](NC(=O)[C@H](O)c1ccc(C(F)(F)F)cc1)C(=O)O. The fourth-order valence-electron chi connectivity index (χ4n) is 1.95. The minimum atomic E-state index is -4.52. The maximum absolute atomic E-state index is 12.5. The number of carboxylic acids is 1. The van der Waals surface area contributed by atoms with E-state index in [0.717, 1.165) is 24.3 Å². The van der Waals surface area contributed by atoms with Crippen molar-refractivity contribution in [3.05, 3.63) is 35.4 Å². The second kappa shape index (κ2) is 7.45. The quantitative estimate of drug-likeness (QED) is 0.746. The molecule has 0 aliphatic carbocycles. The lowest BCUT2D eigenvalue weighted by Gasteiger charge is -2.19. The highest BCUT2D eigenvalue weighted by molar-refractivity contribution is 5.86. The van der Waals surface area contributed by atoms with Gasteiger partial charge in [-0.2, -0.15) is 13.2 Å². The van der Waals surface area contributed by atoms with Crippen LogP contribution in [0.2, 0.25) is 0 Å². The number of halogens is 3. The Bertz CT molecular complexity index is 555. The smallest absolute Gasteiger partial charge is 0.416 e. The van der Waals surface area contributed by atoms with Gasteiger partial charge in [0.1, 0.15) is 6.04 Å². The van der Waals surface area contributed by atoms with E-state index in [9.17, 15) is 27.9 Å². The Kier molecular flexibility index (Phi) is 6.14. The first kappa shape index (κ1) is 19.0. The first-order valence-corrected chi connectivity index (χ1v) is 6.90. The van der Waals surface area contributed by atoms with Crippen LogP contribution >= 0.6 is 0 Å². The van der Waals surface area contributed by atoms with Gasteiger partial charge in [0.25, 0.3) is 5.91 Å². The third-order valence-corrected chi connectivity index (χ3v) is 3.12. The lowest BCUT2D eigenvalue weighted by Crippen LogP contribution is -2.43. The lowest BCUT2D eigenvalue weighted by atomic mass is 10.0. The lowest BCUT2D eigenvalue weighted by molar-refractivity contribution is -0.144. The summed E-state index contributed by atoms with van der Waals surface area (Å²) in [5.74, 6) is -2.22. The molecule has 0 aliphatic rings. The number of aliphatic hydroxyl groups excluding tert-OH is 1. The number of hydrogen-bond donors (Lipinski definition) is 3. The molecule has 128 valence electrons. The predicted octanol–water partition coefficient (Wildman–Crippen LogP) is 2.35. The van der Waals surface area contributed by atoms with Crippen molar-refractivity contribution in [3.8, 4) is 0 Å². The number of carbonyl (C=O) groups is 2. The zero-order valence-corrected chi connectivity index (χ0v) is 12.6. The zero-order chi connectivity index (χ0) is 17.8. The van der Waals surface area contributed by atoms with Crippen molar-refractivity contribution < 1.29 is 33.0 Å². The minimum absolute atomic E-state index is 0.000359. The summed E-state index contributed by atoms with van der Waals surface area (Å²) in [5.41, 5.74) is -0.957. The summed E-state index contributed by atoms with van der Waals surface area (Å²) >= 11 is 0. The van der Waals surface area contributed by atoms with Gasteiger partial charge in [-0.05, 0) is 30.0 Å². The molecule has 0 aromatic heterocycles. The molecular weight excluding hydrogens is 315 g/mol. The third kappa shape index (κ3) is 5.55. The molecule has 0 aliphatic heterocycles. The third-order valence-electron chi connectivity index (χ3n) is 3.12. The minimum Gasteiger partial charge on any atom is -0.480 e. The largest absolute Gasteiger partial charge is 0.480 e. The Morgan fingerprint density at radius 1 is 1.17 bits per heavy atom. The van der Waals surface area contributed by atoms with E-state index in [1.807, 2.05) is 0 Å². The van der Waals surface area contributed by atoms with Gasteiger partial charge in [0.15, 0.2) is 6.10 Å². The van der Waals surface area contributed by atoms with Gasteiger partial charge in [0.05, 0.1) is 5.56 Å². The number of nitrogens with one attached hydrogen (secondary N) is 1. The number of hydrogen-bond acceptors (Lipinski definition) is 3. The van der Waals surface area contributed by atoms with Crippen LogP contribution in [-0.4, -0.2) is 28.1 Å². The van der Waals surface area contributed by atoms with Crippen LogP contribution < -0.4 is 5.32 Å². The molecule has 0 fully saturated rings. The number of benzene rings is 1. The Hall–Kier alpha value is -2.09. The van der Waals surface area contributed by atoms with E-state index in [2.05, 4.69) is 5.32 Å². The molecule has 2 atom stereocenters. The molecule has 0 spiro atoms. The molecular formula is C15H18F3NO4. The van der Waals surface area contributed by atoms with Crippen LogP contribution in [0.4, 0.5) is 13.2 Å². The molecule has 0 unspecified atom stereocenters. The summed E-state index contributed by atoms with van der Waals surface area (Å²) in [4.78, 5) is 22.9. The number of carbonyl (C=O) groups excluding carboxylic acids is 1. The van der Waals surface area contributed by atoms with E-state index < -0.39 is 35.8 Å². The molecule has 5 nitrogen and oxygen atoms in total. The van der Waals surface area contributed by atoms with Crippen molar-refractivity contribution >= 4 is 11.9 Å². The van der Waals surface area contributed by atoms with E-state index in [1.165, 1.54) is 0 Å². The summed E-state index contributed by atoms with van der Waals surface area (Å²) < 4.78 is 37.4. The van der Waals surface area contributed by atoms with Gasteiger partial charge in [-0.1, -0.05) is 26.0 Å². The van der Waals surface area contributed by atoms with E-state index in [-0.39, 0.29) is 17.9 Å². The van der Waals surface area contributed by atoms with Gasteiger partial charge in [0, 0.05) is 0 Å². The van der Waals surface area contributed by atoms with Crippen molar-refractivity contribution in [3.63, 3.8) is 0 Å². The average molecular weight is 333 g/mol. The molecule has 1 rings (SSSR count). The topological polar surface area (TPSA) is 86.6 Å². The molecule has 0 bridgehead atoms. The Morgan fingerprint density at radius 2 is 1.70 bits per heavy atom. The number of alkyl halides is 3. The Balaban J connectivity index is 2.81. The summed E-state index contributed by atoms with van der Waals surface area (Å²) in [7, 11) is 0. The van der Waals surface area contributed by atoms with E-state index in [1.54, 1.807) is 13.8 Å². The number of rotatable bonds is 6. The molecule has 3 N–H and O–H groups in total. The Labute approximate surface area is 131 Å². The van der Waals surface area contributed by atoms with Crippen molar-refractivity contribution in [1.29, 1.82) is 0 Å². The number of amides is 1. The maximum Gasteiger partial charge on any atom is 0.416 e. The molecule has 1 aromatic carbocycles. The van der Waals surface area contributed by atoms with Crippen molar-refractivity contribution in [1.82, 2.24) is 5.32 Å². The van der Waals surface area contributed by atoms with Gasteiger partial charge in [-0.15, -0.1) is 0 Å². The summed E-state index contributed by atoms with van der Waals surface area (Å²) in [6.45, 7) is 3.54. The van der Waals surface area contributed by atoms with Gasteiger partial charge < -0.3 is 15.5 Å². The fourth-order valence-corrected chi connectivity index (χ4v) is 1.95. The van der Waals surface area contributed by atoms with Crippen molar-refractivity contribution in [2.75, 3.05) is 0 Å². The zero-order valence-electron chi connectivity index (χ0n) is 12.6. The van der Waals surface area contributed by atoms with Crippen molar-refractivity contribution in [2.24, 2.45) is 5.92 Å². The van der Waals surface area contributed by atoms with Crippen LogP contribution in [-0.2, 0) is 15.8 Å². The predicted molar refractivity (Wildman–Crippen MR) is 75.4 cm³/mol. The average Bonchev–Trinajstić information content (AvgIpc) is 2.44. The van der Waals surface area contributed by atoms with E-state index in [4.69, 9.17) is 5.11 Å². The molecule has 23 heavy (non-hydrogen) atoms. The summed E-state index contributed by atoms with van der Waals surface area (Å²) in [5, 5.41) is 21.1. The maximum atomic E-state index is 12.5. The highest BCUT2D eigenvalue weighted by Crippen LogP contribution is 2.30. The summed E-state index contributed by atoms with van der Waals surface area (Å²) in [6.07, 6.45) is -6.09. The second-order valence-electron chi connectivity index (χ2n) is 5.55. The fraction of sp³-hybridized carbons (Fsp3) is 0.467. The number of aliphatic carboxylic acids is 1. The van der Waals surface area contributed by atoms with Crippen LogP contribution in [0.15, 0.2) is 24.3 Å². The van der Waals surface area contributed by atoms with Gasteiger partial charge >= 0.3 is 12.1 Å². The summed E-state index contributed by atoms with van der Waals surface area (Å²) in [6, 6.07) is 2.27. The number of aliphatic hydroxyl groups is 1. The standard InChI is InChI=1S/C15H18F3NO4/c1-8(2)7-11(14(22)23)19-13(21)12(20)9-3-5-10(6-4-9)15(16,17)18/h3-6,8,11-12,20H,7H2,1-2H3,(H,19,21)(H,22,23)/t11-,12+/m0/s1. The number of carboxylic acid groups (broad SMARTS) is 1. The molecule has 0 heterocycles. The molecule has 0 saturated heterocycles. The second-order valence-corrected chi connectivity index (χ2v) is 5.55. The van der Waals surface area contributed by atoms with Gasteiger partial charge in [-0.25, -0.2) is 4.79 Å². The highest BCUT2D eigenvalue weighted by atomic mass is 19.4. The van der Waals surface area contributed by atoms with Gasteiger partial charge in [-0.3, -0.25) is 4.79 Å².